The van der Waals surface area contributed by atoms with Crippen molar-refractivity contribution in [2.24, 2.45) is 7.05 Å². The van der Waals surface area contributed by atoms with Gasteiger partial charge in [-0.2, -0.15) is 5.10 Å². The summed E-state index contributed by atoms with van der Waals surface area (Å²) in [5.41, 5.74) is 4.64. The van der Waals surface area contributed by atoms with Crippen LogP contribution in [-0.2, 0) is 21.3 Å². The summed E-state index contributed by atoms with van der Waals surface area (Å²) in [6, 6.07) is 16.2. The van der Waals surface area contributed by atoms with Gasteiger partial charge in [0.1, 0.15) is 6.61 Å². The number of carboxylic acid groups (broad SMARTS) is 1. The lowest BCUT2D eigenvalue weighted by Gasteiger charge is -2.14. The fourth-order valence-corrected chi connectivity index (χ4v) is 4.14. The summed E-state index contributed by atoms with van der Waals surface area (Å²) in [7, 11) is 1.48. The van der Waals surface area contributed by atoms with Crippen molar-refractivity contribution in [1.82, 2.24) is 15.1 Å². The van der Waals surface area contributed by atoms with E-state index in [2.05, 4.69) is 40.0 Å². The maximum Gasteiger partial charge on any atom is 0.407 e. The molecule has 0 radical (unpaired) electrons. The van der Waals surface area contributed by atoms with Gasteiger partial charge in [-0.05, 0) is 22.3 Å². The predicted molar refractivity (Wildman–Crippen MR) is 127 cm³/mol. The van der Waals surface area contributed by atoms with Crippen molar-refractivity contribution in [2.75, 3.05) is 31.7 Å². The number of hydrogen-bond donors (Lipinski definition) is 3. The number of aromatic carboxylic acids is 1. The number of aromatic nitrogens is 2. The Morgan fingerprint density at radius 2 is 1.69 bits per heavy atom. The number of anilines is 1. The Morgan fingerprint density at radius 1 is 1.03 bits per heavy atom. The summed E-state index contributed by atoms with van der Waals surface area (Å²) >= 11 is 0. The monoisotopic (exact) mass is 478 g/mol. The molecule has 0 fully saturated rings. The second-order valence-electron chi connectivity index (χ2n) is 8.00. The van der Waals surface area contributed by atoms with Gasteiger partial charge in [-0.3, -0.25) is 9.48 Å². The van der Waals surface area contributed by atoms with Crippen molar-refractivity contribution in [3.8, 4) is 11.1 Å². The second-order valence-corrected chi connectivity index (χ2v) is 8.00. The number of nitrogens with zero attached hydrogens (tertiary/aromatic N) is 2. The number of carbonyl (C=O) groups is 3. The number of rotatable bonds is 10. The number of carbonyl (C=O) groups excluding carboxylic acids is 2. The zero-order chi connectivity index (χ0) is 24.8. The van der Waals surface area contributed by atoms with E-state index in [1.165, 1.54) is 17.9 Å². The summed E-state index contributed by atoms with van der Waals surface area (Å²) in [4.78, 5) is 35.4. The van der Waals surface area contributed by atoms with E-state index in [-0.39, 0.29) is 50.1 Å². The SMILES string of the molecule is Cn1ncc(NC(=O)CCOCCNC(=O)OCC2c3ccccc3-c3ccccc32)c1C(=O)O. The van der Waals surface area contributed by atoms with Crippen molar-refractivity contribution in [3.63, 3.8) is 0 Å². The van der Waals surface area contributed by atoms with Crippen LogP contribution in [0.1, 0.15) is 34.0 Å². The molecular weight excluding hydrogens is 452 g/mol. The molecule has 4 rings (SSSR count). The van der Waals surface area contributed by atoms with E-state index in [9.17, 15) is 19.5 Å². The smallest absolute Gasteiger partial charge is 0.407 e. The Labute approximate surface area is 201 Å². The Kier molecular flexibility index (Phi) is 7.41. The summed E-state index contributed by atoms with van der Waals surface area (Å²) in [6.45, 7) is 0.767. The molecule has 10 heteroatoms. The molecule has 1 aliphatic carbocycles. The van der Waals surface area contributed by atoms with Crippen LogP contribution in [0.15, 0.2) is 54.7 Å². The molecule has 1 aromatic heterocycles. The van der Waals surface area contributed by atoms with Crippen LogP contribution >= 0.6 is 0 Å². The molecule has 1 heterocycles. The number of amides is 2. The number of ether oxygens (including phenoxy) is 2. The van der Waals surface area contributed by atoms with Crippen LogP contribution in [0.25, 0.3) is 11.1 Å². The molecule has 0 spiro atoms. The van der Waals surface area contributed by atoms with E-state index in [0.717, 1.165) is 22.3 Å². The zero-order valence-corrected chi connectivity index (χ0v) is 19.2. The van der Waals surface area contributed by atoms with Gasteiger partial charge in [0.2, 0.25) is 5.91 Å². The molecule has 0 atom stereocenters. The molecular formula is C25H26N4O6. The molecule has 0 bridgehead atoms. The first-order valence-corrected chi connectivity index (χ1v) is 11.2. The molecule has 3 N–H and O–H groups in total. The van der Waals surface area contributed by atoms with Crippen molar-refractivity contribution in [2.45, 2.75) is 12.3 Å². The molecule has 182 valence electrons. The highest BCUT2D eigenvalue weighted by atomic mass is 16.5. The molecule has 0 unspecified atom stereocenters. The van der Waals surface area contributed by atoms with E-state index in [0.29, 0.717) is 0 Å². The Morgan fingerprint density at radius 3 is 2.34 bits per heavy atom. The lowest BCUT2D eigenvalue weighted by molar-refractivity contribution is -0.117. The van der Waals surface area contributed by atoms with Crippen LogP contribution in [0.3, 0.4) is 0 Å². The molecule has 3 aromatic rings. The van der Waals surface area contributed by atoms with Crippen molar-refractivity contribution in [3.05, 3.63) is 71.5 Å². The molecule has 10 nitrogen and oxygen atoms in total. The van der Waals surface area contributed by atoms with Gasteiger partial charge in [0.15, 0.2) is 5.69 Å². The highest BCUT2D eigenvalue weighted by molar-refractivity contribution is 5.99. The average molecular weight is 479 g/mol. The summed E-state index contributed by atoms with van der Waals surface area (Å²) in [6.07, 6.45) is 0.769. The van der Waals surface area contributed by atoms with Crippen LogP contribution in [0, 0.1) is 0 Å². The van der Waals surface area contributed by atoms with Gasteiger partial charge in [-0.1, -0.05) is 48.5 Å². The molecule has 2 aromatic carbocycles. The van der Waals surface area contributed by atoms with E-state index >= 15 is 0 Å². The lowest BCUT2D eigenvalue weighted by atomic mass is 9.98. The zero-order valence-electron chi connectivity index (χ0n) is 19.2. The van der Waals surface area contributed by atoms with Gasteiger partial charge in [0.25, 0.3) is 0 Å². The maximum atomic E-state index is 12.1. The minimum absolute atomic E-state index is 0.00984. The minimum Gasteiger partial charge on any atom is -0.476 e. The van der Waals surface area contributed by atoms with Crippen LogP contribution in [-0.4, -0.2) is 59.2 Å². The minimum atomic E-state index is -1.18. The molecule has 0 aliphatic heterocycles. The number of nitrogens with one attached hydrogen (secondary N) is 2. The van der Waals surface area contributed by atoms with E-state index in [1.54, 1.807) is 0 Å². The van der Waals surface area contributed by atoms with Gasteiger partial charge in [0.05, 0.1) is 31.5 Å². The standard InChI is InChI=1S/C25H26N4O6/c1-29-23(24(31)32)21(14-27-29)28-22(30)10-12-34-13-11-26-25(33)35-15-20-18-8-4-2-6-16(18)17-7-3-5-9-19(17)20/h2-9,14,20H,10-13,15H2,1H3,(H,26,33)(H,28,30)(H,31,32). The van der Waals surface area contributed by atoms with Gasteiger partial charge in [0, 0.05) is 19.5 Å². The molecule has 0 saturated heterocycles. The number of aryl methyl sites for hydroxylation is 1. The first kappa shape index (κ1) is 24.0. The lowest BCUT2D eigenvalue weighted by Crippen LogP contribution is -2.29. The Hall–Kier alpha value is -4.18. The van der Waals surface area contributed by atoms with Crippen molar-refractivity contribution in [1.29, 1.82) is 0 Å². The van der Waals surface area contributed by atoms with Gasteiger partial charge < -0.3 is 25.2 Å². The Balaban J connectivity index is 1.14. The number of alkyl carbamates (subject to hydrolysis) is 1. The Bertz CT molecular complexity index is 1190. The fourth-order valence-electron chi connectivity index (χ4n) is 4.14. The highest BCUT2D eigenvalue weighted by Crippen LogP contribution is 2.44. The van der Waals surface area contributed by atoms with Gasteiger partial charge in [-0.15, -0.1) is 0 Å². The molecule has 35 heavy (non-hydrogen) atoms. The molecule has 1 aliphatic rings. The predicted octanol–water partition coefficient (Wildman–Crippen LogP) is 3.00. The van der Waals surface area contributed by atoms with Crippen molar-refractivity contribution >= 4 is 23.7 Å². The van der Waals surface area contributed by atoms with Gasteiger partial charge >= 0.3 is 12.1 Å². The largest absolute Gasteiger partial charge is 0.476 e. The highest BCUT2D eigenvalue weighted by Gasteiger charge is 2.28. The van der Waals surface area contributed by atoms with Crippen LogP contribution < -0.4 is 10.6 Å². The van der Waals surface area contributed by atoms with Crippen LogP contribution in [0.2, 0.25) is 0 Å². The second kappa shape index (κ2) is 10.8. The summed E-state index contributed by atoms with van der Waals surface area (Å²) in [5, 5.41) is 18.1. The van der Waals surface area contributed by atoms with E-state index in [4.69, 9.17) is 9.47 Å². The first-order chi connectivity index (χ1) is 17.0. The third kappa shape index (κ3) is 5.49. The van der Waals surface area contributed by atoms with E-state index in [1.807, 2.05) is 24.3 Å². The number of fused-ring (bicyclic) bond motifs is 3. The average Bonchev–Trinajstić information content (AvgIpc) is 3.37. The number of hydrogen-bond acceptors (Lipinski definition) is 6. The van der Waals surface area contributed by atoms with Crippen LogP contribution in [0.5, 0.6) is 0 Å². The van der Waals surface area contributed by atoms with Crippen LogP contribution in [0.4, 0.5) is 10.5 Å². The number of benzene rings is 2. The normalized spacial score (nSPS) is 12.0. The topological polar surface area (TPSA) is 132 Å². The molecule has 0 saturated carbocycles. The summed E-state index contributed by atoms with van der Waals surface area (Å²) < 4.78 is 12.0. The number of carboxylic acids is 1. The van der Waals surface area contributed by atoms with Gasteiger partial charge in [-0.25, -0.2) is 9.59 Å². The maximum absolute atomic E-state index is 12.1. The third-order valence-electron chi connectivity index (χ3n) is 5.75. The quantitative estimate of drug-likeness (QED) is 0.382. The summed E-state index contributed by atoms with van der Waals surface area (Å²) in [5.74, 6) is -1.59. The fraction of sp³-hybridized carbons (Fsp3) is 0.280. The van der Waals surface area contributed by atoms with E-state index < -0.39 is 18.0 Å². The van der Waals surface area contributed by atoms with Crippen molar-refractivity contribution < 1.29 is 29.0 Å². The third-order valence-corrected chi connectivity index (χ3v) is 5.75. The first-order valence-electron chi connectivity index (χ1n) is 11.2. The molecule has 2 amide bonds.